The van der Waals surface area contributed by atoms with Crippen LogP contribution in [0.3, 0.4) is 0 Å². The number of rotatable bonds is 6. The molecule has 1 rings (SSSR count). The normalized spacial score (nSPS) is 12.5. The Morgan fingerprint density at radius 1 is 1.00 bits per heavy atom. The van der Waals surface area contributed by atoms with Gasteiger partial charge >= 0.3 is 0 Å². The van der Waals surface area contributed by atoms with E-state index in [4.69, 9.17) is 5.14 Å². The molecule has 0 aliphatic rings. The van der Waals surface area contributed by atoms with Crippen molar-refractivity contribution in [3.8, 4) is 0 Å². The number of hydrogen-bond acceptors (Lipinski definition) is 4. The molecule has 0 saturated carbocycles. The second-order valence-corrected chi connectivity index (χ2v) is 7.15. The van der Waals surface area contributed by atoms with Crippen LogP contribution in [0.2, 0.25) is 0 Å². The van der Waals surface area contributed by atoms with Crippen LogP contribution >= 0.6 is 0 Å². The summed E-state index contributed by atoms with van der Waals surface area (Å²) in [7, 11) is -7.38. The summed E-state index contributed by atoms with van der Waals surface area (Å²) in [5.41, 5.74) is 0.798. The summed E-state index contributed by atoms with van der Waals surface area (Å²) in [6.07, 6.45) is 0. The highest BCUT2D eigenvalue weighted by molar-refractivity contribution is 7.93. The van der Waals surface area contributed by atoms with Crippen molar-refractivity contribution in [2.75, 3.05) is 11.5 Å². The van der Waals surface area contributed by atoms with Crippen LogP contribution < -0.4 is 9.86 Å². The van der Waals surface area contributed by atoms with Gasteiger partial charge in [-0.1, -0.05) is 30.3 Å². The van der Waals surface area contributed by atoms with Crippen molar-refractivity contribution >= 4 is 20.0 Å². The lowest BCUT2D eigenvalue weighted by Crippen LogP contribution is -2.31. The Kier molecular flexibility index (Phi) is 4.63. The second-order valence-electron chi connectivity index (χ2n) is 3.49. The quantitative estimate of drug-likeness (QED) is 0.724. The number of nitrogens with one attached hydrogen (secondary N) is 1. The number of nitrogens with two attached hydrogens (primary N) is 1. The van der Waals surface area contributed by atoms with Gasteiger partial charge in [0.1, 0.15) is 0 Å². The maximum Gasteiger partial charge on any atom is 0.212 e. The number of primary sulfonamides is 1. The van der Waals surface area contributed by atoms with E-state index in [0.29, 0.717) is 0 Å². The summed E-state index contributed by atoms with van der Waals surface area (Å²) in [5, 5.41) is 4.73. The number of sulfonamides is 2. The molecule has 6 nitrogen and oxygen atoms in total. The molecule has 8 heteroatoms. The van der Waals surface area contributed by atoms with Gasteiger partial charge in [-0.2, -0.15) is 0 Å². The second kappa shape index (κ2) is 5.58. The fourth-order valence-electron chi connectivity index (χ4n) is 1.09. The molecule has 0 aliphatic carbocycles. The molecule has 0 radical (unpaired) electrons. The molecular weight excluding hydrogens is 264 g/mol. The highest BCUT2D eigenvalue weighted by Gasteiger charge is 2.14. The Balaban J connectivity index is 2.51. The van der Waals surface area contributed by atoms with E-state index >= 15 is 0 Å². The van der Waals surface area contributed by atoms with Crippen molar-refractivity contribution in [1.29, 1.82) is 0 Å². The zero-order chi connectivity index (χ0) is 12.9. The Morgan fingerprint density at radius 2 is 1.59 bits per heavy atom. The molecule has 0 atom stereocenters. The minimum absolute atomic E-state index is 0.133. The first-order chi connectivity index (χ1) is 7.79. The standard InChI is InChI=1S/C9H14N2O4S2/c10-16(12,13)6-7-17(14,15)11-8-9-4-2-1-3-5-9/h1-5,11H,6-8H2,(H2,10,12,13). The minimum atomic E-state index is -3.76. The fourth-order valence-corrected chi connectivity index (χ4v) is 3.42. The Bertz CT molecular complexity index is 552. The first-order valence-electron chi connectivity index (χ1n) is 4.80. The van der Waals surface area contributed by atoms with Crippen molar-refractivity contribution in [3.63, 3.8) is 0 Å². The Hall–Kier alpha value is -0.960. The zero-order valence-electron chi connectivity index (χ0n) is 9.03. The van der Waals surface area contributed by atoms with Crippen molar-refractivity contribution < 1.29 is 16.8 Å². The van der Waals surface area contributed by atoms with Crippen LogP contribution in [0.15, 0.2) is 30.3 Å². The average Bonchev–Trinajstić information content (AvgIpc) is 2.25. The molecule has 0 amide bonds. The average molecular weight is 278 g/mol. The summed E-state index contributed by atoms with van der Waals surface area (Å²) >= 11 is 0. The van der Waals surface area contributed by atoms with Crippen LogP contribution in [0.5, 0.6) is 0 Å². The predicted molar refractivity (Wildman–Crippen MR) is 65.0 cm³/mol. The van der Waals surface area contributed by atoms with Gasteiger partial charge in [0.2, 0.25) is 20.0 Å². The predicted octanol–water partition coefficient (Wildman–Crippen LogP) is -0.605. The lowest BCUT2D eigenvalue weighted by Gasteiger charge is -2.05. The van der Waals surface area contributed by atoms with Gasteiger partial charge in [0.05, 0.1) is 11.5 Å². The molecule has 0 fully saturated rings. The van der Waals surface area contributed by atoms with E-state index in [9.17, 15) is 16.8 Å². The minimum Gasteiger partial charge on any atom is -0.229 e. The van der Waals surface area contributed by atoms with Crippen LogP contribution in [0, 0.1) is 0 Å². The number of benzene rings is 1. The molecule has 96 valence electrons. The van der Waals surface area contributed by atoms with E-state index in [-0.39, 0.29) is 6.54 Å². The lowest BCUT2D eigenvalue weighted by molar-refractivity contribution is 0.578. The molecule has 1 aromatic carbocycles. The van der Waals surface area contributed by atoms with Crippen LogP contribution in [0.4, 0.5) is 0 Å². The Morgan fingerprint density at radius 3 is 2.12 bits per heavy atom. The van der Waals surface area contributed by atoms with E-state index < -0.39 is 31.6 Å². The maximum atomic E-state index is 11.4. The maximum absolute atomic E-state index is 11.4. The molecular formula is C9H14N2O4S2. The van der Waals surface area contributed by atoms with Gasteiger partial charge in [0.25, 0.3) is 0 Å². The highest BCUT2D eigenvalue weighted by Crippen LogP contribution is 1.99. The number of hydrogen-bond donors (Lipinski definition) is 2. The van der Waals surface area contributed by atoms with Gasteiger partial charge in [-0.25, -0.2) is 26.7 Å². The molecule has 0 saturated heterocycles. The summed E-state index contributed by atoms with van der Waals surface area (Å²) in [6.45, 7) is 0.133. The van der Waals surface area contributed by atoms with E-state index in [1.807, 2.05) is 6.07 Å². The first kappa shape index (κ1) is 14.1. The first-order valence-corrected chi connectivity index (χ1v) is 8.17. The third kappa shape index (κ3) is 6.37. The van der Waals surface area contributed by atoms with Crippen molar-refractivity contribution in [2.45, 2.75) is 6.54 Å². The molecule has 3 N–H and O–H groups in total. The lowest BCUT2D eigenvalue weighted by atomic mass is 10.2. The van der Waals surface area contributed by atoms with E-state index in [1.165, 1.54) is 0 Å². The van der Waals surface area contributed by atoms with E-state index in [0.717, 1.165) is 5.56 Å². The molecule has 0 spiro atoms. The Labute approximate surface area is 101 Å². The molecule has 0 aromatic heterocycles. The summed E-state index contributed by atoms with van der Waals surface area (Å²) in [4.78, 5) is 0. The fraction of sp³-hybridized carbons (Fsp3) is 0.333. The molecule has 0 unspecified atom stereocenters. The van der Waals surface area contributed by atoms with Crippen LogP contribution in [-0.4, -0.2) is 28.3 Å². The van der Waals surface area contributed by atoms with Crippen molar-refractivity contribution in [1.82, 2.24) is 4.72 Å². The van der Waals surface area contributed by atoms with Gasteiger partial charge in [-0.15, -0.1) is 0 Å². The molecule has 0 bridgehead atoms. The van der Waals surface area contributed by atoms with Gasteiger partial charge in [-0.05, 0) is 5.56 Å². The van der Waals surface area contributed by atoms with Crippen molar-refractivity contribution in [2.24, 2.45) is 5.14 Å². The van der Waals surface area contributed by atoms with Crippen LogP contribution in [0.1, 0.15) is 5.56 Å². The topological polar surface area (TPSA) is 106 Å². The summed E-state index contributed by atoms with van der Waals surface area (Å²) < 4.78 is 46.4. The van der Waals surface area contributed by atoms with Gasteiger partial charge in [0, 0.05) is 6.54 Å². The molecule has 1 aromatic rings. The van der Waals surface area contributed by atoms with E-state index in [1.54, 1.807) is 24.3 Å². The van der Waals surface area contributed by atoms with Gasteiger partial charge < -0.3 is 0 Å². The zero-order valence-corrected chi connectivity index (χ0v) is 10.7. The largest absolute Gasteiger partial charge is 0.229 e. The highest BCUT2D eigenvalue weighted by atomic mass is 32.2. The summed E-state index contributed by atoms with van der Waals surface area (Å²) in [6, 6.07) is 8.92. The molecule has 0 aliphatic heterocycles. The monoisotopic (exact) mass is 278 g/mol. The molecule has 0 heterocycles. The summed E-state index contributed by atoms with van der Waals surface area (Å²) in [5.74, 6) is -1.12. The third-order valence-electron chi connectivity index (χ3n) is 1.98. The van der Waals surface area contributed by atoms with Crippen LogP contribution in [-0.2, 0) is 26.6 Å². The SMILES string of the molecule is NS(=O)(=O)CCS(=O)(=O)NCc1ccccc1. The van der Waals surface area contributed by atoms with Crippen molar-refractivity contribution in [3.05, 3.63) is 35.9 Å². The van der Waals surface area contributed by atoms with Gasteiger partial charge in [-0.3, -0.25) is 0 Å². The van der Waals surface area contributed by atoms with Crippen LogP contribution in [0.25, 0.3) is 0 Å². The smallest absolute Gasteiger partial charge is 0.212 e. The molecule has 17 heavy (non-hydrogen) atoms. The van der Waals surface area contributed by atoms with E-state index in [2.05, 4.69) is 4.72 Å². The van der Waals surface area contributed by atoms with Gasteiger partial charge in [0.15, 0.2) is 0 Å². The third-order valence-corrected chi connectivity index (χ3v) is 4.33.